The zero-order valence-corrected chi connectivity index (χ0v) is 30.8. The van der Waals surface area contributed by atoms with Gasteiger partial charge in [-0.05, 0) is 77.0 Å². The molecule has 0 aliphatic rings. The Bertz CT molecular complexity index is 3520. The van der Waals surface area contributed by atoms with Crippen molar-refractivity contribution in [3.8, 4) is 45.3 Å². The van der Waals surface area contributed by atoms with E-state index >= 15 is 0 Å². The van der Waals surface area contributed by atoms with E-state index in [9.17, 15) is 0 Å². The third-order valence-corrected chi connectivity index (χ3v) is 13.0. The average Bonchev–Trinajstić information content (AvgIpc) is 3.94. The van der Waals surface area contributed by atoms with Crippen LogP contribution in [0.1, 0.15) is 0 Å². The molecule has 4 aromatic heterocycles. The van der Waals surface area contributed by atoms with Crippen molar-refractivity contribution in [2.45, 2.75) is 0 Å². The number of hydrogen-bond donors (Lipinski definition) is 0. The predicted octanol–water partition coefficient (Wildman–Crippen LogP) is 14.3. The van der Waals surface area contributed by atoms with Crippen LogP contribution in [0.25, 0.3) is 118 Å². The Kier molecular flexibility index (Phi) is 6.64. The molecule has 0 atom stereocenters. The van der Waals surface area contributed by atoms with E-state index in [-0.39, 0.29) is 0 Å². The summed E-state index contributed by atoms with van der Waals surface area (Å²) < 4.78 is 11.9. The van der Waals surface area contributed by atoms with Gasteiger partial charge in [0, 0.05) is 73.4 Å². The average molecular weight is 738 g/mol. The Morgan fingerprint density at radius 3 is 1.85 bits per heavy atom. The molecule has 8 aromatic carbocycles. The predicted molar refractivity (Wildman–Crippen MR) is 232 cm³/mol. The van der Waals surface area contributed by atoms with Crippen molar-refractivity contribution in [2.75, 3.05) is 0 Å². The van der Waals surface area contributed by atoms with Crippen LogP contribution >= 0.6 is 22.7 Å². The molecule has 0 saturated heterocycles. The number of benzene rings is 8. The van der Waals surface area contributed by atoms with Crippen molar-refractivity contribution >= 4 is 95.7 Å². The fraction of sp³-hybridized carbons (Fsp3) is 0. The van der Waals surface area contributed by atoms with E-state index in [0.717, 1.165) is 55.1 Å². The molecule has 0 N–H and O–H groups in total. The van der Waals surface area contributed by atoms with Crippen molar-refractivity contribution in [3.63, 3.8) is 0 Å². The summed E-state index contributed by atoms with van der Waals surface area (Å²) in [6.07, 6.45) is 0. The normalized spacial score (nSPS) is 12.0. The summed E-state index contributed by atoms with van der Waals surface area (Å²) in [5.74, 6) is 1.86. The van der Waals surface area contributed by atoms with E-state index in [1.165, 1.54) is 45.7 Å². The molecule has 0 unspecified atom stereocenters. The fourth-order valence-electron chi connectivity index (χ4n) is 8.17. The van der Waals surface area contributed by atoms with E-state index in [4.69, 9.17) is 19.4 Å². The molecular weight excluding hydrogens is 711 g/mol. The van der Waals surface area contributed by atoms with Gasteiger partial charge >= 0.3 is 0 Å². The van der Waals surface area contributed by atoms with Crippen molar-refractivity contribution in [1.29, 1.82) is 0 Å². The van der Waals surface area contributed by atoms with E-state index in [1.54, 1.807) is 0 Å². The Hall–Kier alpha value is -6.73. The van der Waals surface area contributed by atoms with Crippen LogP contribution in [0.4, 0.5) is 0 Å². The number of aromatic nitrogens is 3. The molecule has 0 fully saturated rings. The lowest BCUT2D eigenvalue weighted by atomic mass is 9.95. The topological polar surface area (TPSA) is 51.8 Å². The zero-order chi connectivity index (χ0) is 36.0. The Morgan fingerprint density at radius 2 is 0.982 bits per heavy atom. The van der Waals surface area contributed by atoms with Crippen LogP contribution < -0.4 is 0 Å². The maximum atomic E-state index is 6.83. The fourth-order valence-corrected chi connectivity index (χ4v) is 10.4. The number of thiophene rings is 2. The summed E-state index contributed by atoms with van der Waals surface area (Å²) >= 11 is 3.63. The van der Waals surface area contributed by atoms with E-state index in [0.29, 0.717) is 17.5 Å². The molecule has 6 heteroatoms. The number of rotatable bonds is 4. The Morgan fingerprint density at radius 1 is 0.364 bits per heavy atom. The minimum Gasteiger partial charge on any atom is -0.455 e. The molecule has 0 amide bonds. The lowest BCUT2D eigenvalue weighted by Crippen LogP contribution is -2.00. The minimum atomic E-state index is 0.603. The molecule has 55 heavy (non-hydrogen) atoms. The van der Waals surface area contributed by atoms with Gasteiger partial charge in [-0.15, -0.1) is 22.7 Å². The standard InChI is InChI=1S/C49H27N3OS2/c1-2-11-29-26-30(21-20-28(29)10-1)47-50-48(31-22-25-42-38(27-31)32-12-4-7-17-40(32)54-42)52-49(51-47)37-24-23-34(46-45(37)35-13-3-6-16-39(35)53-46)33-15-9-19-43-44(33)36-14-5-8-18-41(36)55-43/h1-27H. The number of fused-ring (bicyclic) bond motifs is 10. The molecule has 0 aliphatic carbocycles. The molecule has 12 rings (SSSR count). The smallest absolute Gasteiger partial charge is 0.164 e. The molecule has 0 radical (unpaired) electrons. The van der Waals surface area contributed by atoms with Crippen LogP contribution in [0, 0.1) is 0 Å². The molecule has 256 valence electrons. The van der Waals surface area contributed by atoms with Gasteiger partial charge in [-0.1, -0.05) is 103 Å². The summed E-state index contributed by atoms with van der Waals surface area (Å²) in [6, 6.07) is 57.8. The Labute approximate surface area is 322 Å². The minimum absolute atomic E-state index is 0.603. The van der Waals surface area contributed by atoms with Crippen LogP contribution in [-0.4, -0.2) is 15.0 Å². The second kappa shape index (κ2) is 11.9. The van der Waals surface area contributed by atoms with Crippen LogP contribution in [0.15, 0.2) is 168 Å². The molecule has 0 bridgehead atoms. The van der Waals surface area contributed by atoms with Gasteiger partial charge in [0.15, 0.2) is 17.5 Å². The highest BCUT2D eigenvalue weighted by Gasteiger charge is 2.22. The molecule has 0 aliphatic heterocycles. The summed E-state index contributed by atoms with van der Waals surface area (Å²) in [5.41, 5.74) is 6.63. The summed E-state index contributed by atoms with van der Waals surface area (Å²) in [7, 11) is 0. The number of para-hydroxylation sites is 1. The van der Waals surface area contributed by atoms with Gasteiger partial charge < -0.3 is 4.42 Å². The first kappa shape index (κ1) is 30.7. The van der Waals surface area contributed by atoms with Crippen LogP contribution in [-0.2, 0) is 0 Å². The molecule has 12 aromatic rings. The summed E-state index contributed by atoms with van der Waals surface area (Å²) in [6.45, 7) is 0. The SMILES string of the molecule is c1ccc2cc(-c3nc(-c4ccc5sc6ccccc6c5c4)nc(-c4ccc(-c5cccc6sc7ccccc7c56)c5oc6ccccc6c45)n3)ccc2c1. The highest BCUT2D eigenvalue weighted by molar-refractivity contribution is 7.26. The molecule has 4 heterocycles. The summed E-state index contributed by atoms with van der Waals surface area (Å²) in [5, 5.41) is 9.27. The van der Waals surface area contributed by atoms with Crippen molar-refractivity contribution in [2.24, 2.45) is 0 Å². The third-order valence-electron chi connectivity index (χ3n) is 10.7. The number of hydrogen-bond acceptors (Lipinski definition) is 6. The lowest BCUT2D eigenvalue weighted by molar-refractivity contribution is 0.670. The second-order valence-corrected chi connectivity index (χ2v) is 16.1. The Balaban J connectivity index is 1.13. The second-order valence-electron chi connectivity index (χ2n) is 13.9. The molecular formula is C49H27N3OS2. The van der Waals surface area contributed by atoms with Crippen LogP contribution in [0.2, 0.25) is 0 Å². The summed E-state index contributed by atoms with van der Waals surface area (Å²) in [4.78, 5) is 15.8. The number of nitrogens with zero attached hydrogens (tertiary/aromatic N) is 3. The van der Waals surface area contributed by atoms with Gasteiger partial charge in [-0.25, -0.2) is 15.0 Å². The first-order chi connectivity index (χ1) is 27.2. The highest BCUT2D eigenvalue weighted by atomic mass is 32.1. The van der Waals surface area contributed by atoms with Crippen molar-refractivity contribution in [3.05, 3.63) is 164 Å². The lowest BCUT2D eigenvalue weighted by Gasteiger charge is -2.12. The van der Waals surface area contributed by atoms with Gasteiger partial charge in [0.05, 0.1) is 0 Å². The van der Waals surface area contributed by atoms with E-state index < -0.39 is 0 Å². The van der Waals surface area contributed by atoms with Gasteiger partial charge in [0.1, 0.15) is 11.2 Å². The van der Waals surface area contributed by atoms with Crippen molar-refractivity contribution < 1.29 is 4.42 Å². The third kappa shape index (κ3) is 4.79. The first-order valence-electron chi connectivity index (χ1n) is 18.3. The van der Waals surface area contributed by atoms with Crippen LogP contribution in [0.3, 0.4) is 0 Å². The van der Waals surface area contributed by atoms with E-state index in [2.05, 4.69) is 152 Å². The van der Waals surface area contributed by atoms with E-state index in [1.807, 2.05) is 34.8 Å². The van der Waals surface area contributed by atoms with Gasteiger partial charge in [0.25, 0.3) is 0 Å². The largest absolute Gasteiger partial charge is 0.455 e. The van der Waals surface area contributed by atoms with Crippen LogP contribution in [0.5, 0.6) is 0 Å². The number of furan rings is 1. The van der Waals surface area contributed by atoms with Crippen molar-refractivity contribution in [1.82, 2.24) is 15.0 Å². The first-order valence-corrected chi connectivity index (χ1v) is 19.9. The zero-order valence-electron chi connectivity index (χ0n) is 29.2. The molecule has 0 saturated carbocycles. The maximum Gasteiger partial charge on any atom is 0.164 e. The van der Waals surface area contributed by atoms with Gasteiger partial charge in [-0.3, -0.25) is 0 Å². The van der Waals surface area contributed by atoms with Gasteiger partial charge in [-0.2, -0.15) is 0 Å². The molecule has 0 spiro atoms. The molecule has 4 nitrogen and oxygen atoms in total. The highest BCUT2D eigenvalue weighted by Crippen LogP contribution is 2.46. The monoisotopic (exact) mass is 737 g/mol. The maximum absolute atomic E-state index is 6.83. The van der Waals surface area contributed by atoms with Gasteiger partial charge in [0.2, 0.25) is 0 Å². The quantitative estimate of drug-likeness (QED) is 0.180.